The number of likely N-dealkylation sites (tertiary alicyclic amines) is 1. The Morgan fingerprint density at radius 1 is 1.53 bits per heavy atom. The van der Waals surface area contributed by atoms with Crippen LogP contribution in [0.25, 0.3) is 0 Å². The van der Waals surface area contributed by atoms with Crippen LogP contribution < -0.4 is 0 Å². The molecule has 1 aliphatic heterocycles. The van der Waals surface area contributed by atoms with Gasteiger partial charge in [-0.1, -0.05) is 0 Å². The van der Waals surface area contributed by atoms with E-state index in [0.717, 1.165) is 12.0 Å². The summed E-state index contributed by atoms with van der Waals surface area (Å²) in [6.07, 6.45) is 2.83. The Kier molecular flexibility index (Phi) is 2.58. The van der Waals surface area contributed by atoms with E-state index in [-0.39, 0.29) is 18.2 Å². The molecule has 0 radical (unpaired) electrons. The zero-order valence-electron chi connectivity index (χ0n) is 8.66. The van der Waals surface area contributed by atoms with E-state index < -0.39 is 0 Å². The first-order chi connectivity index (χ1) is 7.18. The normalized spacial score (nSPS) is 16.9. The van der Waals surface area contributed by atoms with Gasteiger partial charge in [0.05, 0.1) is 12.8 Å². The summed E-state index contributed by atoms with van der Waals surface area (Å²) >= 11 is 0. The Morgan fingerprint density at radius 3 is 2.93 bits per heavy atom. The lowest BCUT2D eigenvalue weighted by Crippen LogP contribution is -2.40. The quantitative estimate of drug-likeness (QED) is 0.699. The Labute approximate surface area is 87.9 Å². The highest BCUT2D eigenvalue weighted by Gasteiger charge is 2.25. The summed E-state index contributed by atoms with van der Waals surface area (Å²) in [7, 11) is 0. The second-order valence-electron chi connectivity index (χ2n) is 3.80. The molecule has 0 atom stereocenters. The number of carbonyl (C=O) groups is 2. The maximum Gasteiger partial charge on any atom is 0.290 e. The lowest BCUT2D eigenvalue weighted by Gasteiger charge is -2.24. The first-order valence-electron chi connectivity index (χ1n) is 5.03. The Balaban J connectivity index is 2.14. The van der Waals surface area contributed by atoms with Crippen molar-refractivity contribution in [2.75, 3.05) is 13.1 Å². The Morgan fingerprint density at radius 2 is 2.33 bits per heavy atom. The topological polar surface area (TPSA) is 50.5 Å². The van der Waals surface area contributed by atoms with Crippen LogP contribution in [0, 0.1) is 6.92 Å². The number of furan rings is 1. The molecule has 2 heterocycles. The van der Waals surface area contributed by atoms with E-state index in [0.29, 0.717) is 18.7 Å². The van der Waals surface area contributed by atoms with Crippen LogP contribution in [0.3, 0.4) is 0 Å². The van der Waals surface area contributed by atoms with E-state index in [9.17, 15) is 9.59 Å². The van der Waals surface area contributed by atoms with Crippen LogP contribution in [0.15, 0.2) is 16.7 Å². The average molecular weight is 207 g/mol. The number of hydrogen-bond donors (Lipinski definition) is 0. The van der Waals surface area contributed by atoms with Gasteiger partial charge in [-0.25, -0.2) is 0 Å². The lowest BCUT2D eigenvalue weighted by atomic mass is 10.1. The fraction of sp³-hybridized carbons (Fsp3) is 0.455. The van der Waals surface area contributed by atoms with Crippen LogP contribution in [0.5, 0.6) is 0 Å². The number of aryl methyl sites for hydroxylation is 1. The first kappa shape index (κ1) is 9.96. The van der Waals surface area contributed by atoms with E-state index >= 15 is 0 Å². The standard InChI is InChI=1S/C11H13NO3/c1-8-4-6-15-10(8)11(14)12-5-2-3-9(13)7-12/h4,6H,2-3,5,7H2,1H3. The van der Waals surface area contributed by atoms with Gasteiger partial charge in [0.1, 0.15) is 0 Å². The third-order valence-electron chi connectivity index (χ3n) is 2.59. The highest BCUT2D eigenvalue weighted by molar-refractivity contribution is 5.96. The van der Waals surface area contributed by atoms with Crippen LogP contribution in [0.1, 0.15) is 29.0 Å². The van der Waals surface area contributed by atoms with Crippen molar-refractivity contribution < 1.29 is 14.0 Å². The molecule has 0 aromatic carbocycles. The molecule has 1 saturated heterocycles. The second-order valence-corrected chi connectivity index (χ2v) is 3.80. The molecule has 1 fully saturated rings. The van der Waals surface area contributed by atoms with Crippen LogP contribution in [-0.2, 0) is 4.79 Å². The molecule has 4 nitrogen and oxygen atoms in total. The predicted octanol–water partition coefficient (Wildman–Crippen LogP) is 1.39. The molecule has 1 aromatic rings. The largest absolute Gasteiger partial charge is 0.459 e. The van der Waals surface area contributed by atoms with E-state index in [1.807, 2.05) is 6.92 Å². The van der Waals surface area contributed by atoms with Gasteiger partial charge in [-0.15, -0.1) is 0 Å². The minimum Gasteiger partial charge on any atom is -0.459 e. The number of amides is 1. The Bertz CT molecular complexity index is 394. The molecule has 0 N–H and O–H groups in total. The van der Waals surface area contributed by atoms with Crippen LogP contribution >= 0.6 is 0 Å². The van der Waals surface area contributed by atoms with Gasteiger partial charge in [0, 0.05) is 18.5 Å². The molecule has 1 aromatic heterocycles. The SMILES string of the molecule is Cc1ccoc1C(=O)N1CCCC(=O)C1. The number of Topliss-reactive ketones (excluding diaryl/α,β-unsaturated/α-hetero) is 1. The average Bonchev–Trinajstić information content (AvgIpc) is 2.63. The molecule has 0 bridgehead atoms. The molecule has 80 valence electrons. The number of rotatable bonds is 1. The van der Waals surface area contributed by atoms with Gasteiger partial charge < -0.3 is 9.32 Å². The number of piperidine rings is 1. The third kappa shape index (κ3) is 1.93. The van der Waals surface area contributed by atoms with Gasteiger partial charge in [-0.3, -0.25) is 9.59 Å². The van der Waals surface area contributed by atoms with Crippen molar-refractivity contribution in [1.82, 2.24) is 4.90 Å². The third-order valence-corrected chi connectivity index (χ3v) is 2.59. The van der Waals surface area contributed by atoms with Gasteiger partial charge in [0.25, 0.3) is 5.91 Å². The van der Waals surface area contributed by atoms with Crippen molar-refractivity contribution in [2.24, 2.45) is 0 Å². The summed E-state index contributed by atoms with van der Waals surface area (Å²) in [5, 5.41) is 0. The molecule has 0 saturated carbocycles. The van der Waals surface area contributed by atoms with Crippen LogP contribution in [0.4, 0.5) is 0 Å². The fourth-order valence-corrected chi connectivity index (χ4v) is 1.75. The molecule has 15 heavy (non-hydrogen) atoms. The van der Waals surface area contributed by atoms with Crippen molar-refractivity contribution >= 4 is 11.7 Å². The molecular formula is C11H13NO3. The van der Waals surface area contributed by atoms with Crippen molar-refractivity contribution in [3.8, 4) is 0 Å². The predicted molar refractivity (Wildman–Crippen MR) is 53.6 cm³/mol. The first-order valence-corrected chi connectivity index (χ1v) is 5.03. The maximum atomic E-state index is 11.9. The highest BCUT2D eigenvalue weighted by Crippen LogP contribution is 2.15. The summed E-state index contributed by atoms with van der Waals surface area (Å²) in [5.41, 5.74) is 0.818. The van der Waals surface area contributed by atoms with E-state index in [1.54, 1.807) is 11.0 Å². The molecular weight excluding hydrogens is 194 g/mol. The van der Waals surface area contributed by atoms with Crippen molar-refractivity contribution in [2.45, 2.75) is 19.8 Å². The van der Waals surface area contributed by atoms with Crippen LogP contribution in [-0.4, -0.2) is 29.7 Å². The zero-order valence-corrected chi connectivity index (χ0v) is 8.66. The smallest absolute Gasteiger partial charge is 0.290 e. The zero-order chi connectivity index (χ0) is 10.8. The maximum absolute atomic E-state index is 11.9. The summed E-state index contributed by atoms with van der Waals surface area (Å²) in [5.74, 6) is 0.300. The van der Waals surface area contributed by atoms with Crippen molar-refractivity contribution in [3.63, 3.8) is 0 Å². The van der Waals surface area contributed by atoms with Gasteiger partial charge in [0.15, 0.2) is 11.5 Å². The van der Waals surface area contributed by atoms with E-state index in [4.69, 9.17) is 4.42 Å². The van der Waals surface area contributed by atoms with Gasteiger partial charge in [0.2, 0.25) is 0 Å². The summed E-state index contributed by atoms with van der Waals surface area (Å²) in [4.78, 5) is 24.7. The minimum absolute atomic E-state index is 0.124. The van der Waals surface area contributed by atoms with Gasteiger partial charge in [-0.05, 0) is 19.4 Å². The van der Waals surface area contributed by atoms with Crippen molar-refractivity contribution in [1.29, 1.82) is 0 Å². The molecule has 4 heteroatoms. The molecule has 0 aliphatic carbocycles. The minimum atomic E-state index is -0.175. The summed E-state index contributed by atoms with van der Waals surface area (Å²) < 4.78 is 5.11. The van der Waals surface area contributed by atoms with Gasteiger partial charge >= 0.3 is 0 Å². The molecule has 0 spiro atoms. The van der Waals surface area contributed by atoms with Crippen LogP contribution in [0.2, 0.25) is 0 Å². The number of carbonyl (C=O) groups excluding carboxylic acids is 2. The fourth-order valence-electron chi connectivity index (χ4n) is 1.75. The summed E-state index contributed by atoms with van der Waals surface area (Å²) in [6.45, 7) is 2.69. The molecule has 1 aliphatic rings. The van der Waals surface area contributed by atoms with Crippen molar-refractivity contribution in [3.05, 3.63) is 23.7 Å². The van der Waals surface area contributed by atoms with Gasteiger partial charge in [-0.2, -0.15) is 0 Å². The monoisotopic (exact) mass is 207 g/mol. The molecule has 1 amide bonds. The van der Waals surface area contributed by atoms with E-state index in [1.165, 1.54) is 6.26 Å². The second kappa shape index (κ2) is 3.88. The Hall–Kier alpha value is -1.58. The molecule has 0 unspecified atom stereocenters. The summed E-state index contributed by atoms with van der Waals surface area (Å²) in [6, 6.07) is 1.75. The number of ketones is 1. The number of nitrogens with zero attached hydrogens (tertiary/aromatic N) is 1. The highest BCUT2D eigenvalue weighted by atomic mass is 16.3. The lowest BCUT2D eigenvalue weighted by molar-refractivity contribution is -0.121. The number of hydrogen-bond acceptors (Lipinski definition) is 3. The van der Waals surface area contributed by atoms with E-state index in [2.05, 4.69) is 0 Å². The molecule has 2 rings (SSSR count).